The summed E-state index contributed by atoms with van der Waals surface area (Å²) in [5.41, 5.74) is 1.12. The average Bonchev–Trinajstić information content (AvgIpc) is 2.43. The summed E-state index contributed by atoms with van der Waals surface area (Å²) in [6, 6.07) is 9.24. The third-order valence-corrected chi connectivity index (χ3v) is 3.21. The normalized spacial score (nSPS) is 10.3. The Labute approximate surface area is 120 Å². The van der Waals surface area contributed by atoms with E-state index < -0.39 is 4.92 Å². The van der Waals surface area contributed by atoms with Crippen LogP contribution >= 0.6 is 11.6 Å². The van der Waals surface area contributed by atoms with Gasteiger partial charge in [-0.15, -0.1) is 0 Å². The van der Waals surface area contributed by atoms with E-state index in [0.29, 0.717) is 22.1 Å². The Morgan fingerprint density at radius 1 is 1.30 bits per heavy atom. The lowest BCUT2D eigenvalue weighted by atomic mass is 10.2. The number of ether oxygens (including phenoxy) is 1. The zero-order valence-corrected chi connectivity index (χ0v) is 11.4. The van der Waals surface area contributed by atoms with E-state index in [1.165, 1.54) is 18.2 Å². The monoisotopic (exact) mass is 293 g/mol. The number of nitro groups is 1. The molecular weight excluding hydrogens is 282 g/mol. The number of aryl methyl sites for hydroxylation is 1. The van der Waals surface area contributed by atoms with Crippen LogP contribution in [-0.2, 0) is 6.61 Å². The molecule has 0 aliphatic rings. The second-order valence-electron chi connectivity index (χ2n) is 4.22. The molecule has 0 spiro atoms. The molecule has 0 radical (unpaired) electrons. The number of aliphatic hydroxyl groups excluding tert-OH is 1. The molecule has 2 aromatic rings. The van der Waals surface area contributed by atoms with Gasteiger partial charge in [-0.1, -0.05) is 11.6 Å². The minimum absolute atomic E-state index is 0.0892. The van der Waals surface area contributed by atoms with E-state index in [1.54, 1.807) is 18.2 Å². The van der Waals surface area contributed by atoms with Crippen molar-refractivity contribution in [3.05, 3.63) is 62.7 Å². The number of rotatable bonds is 4. The van der Waals surface area contributed by atoms with Gasteiger partial charge in [-0.3, -0.25) is 10.1 Å². The second kappa shape index (κ2) is 5.90. The van der Waals surface area contributed by atoms with Crippen molar-refractivity contribution in [1.29, 1.82) is 0 Å². The molecule has 2 aromatic carbocycles. The topological polar surface area (TPSA) is 72.6 Å². The van der Waals surface area contributed by atoms with Gasteiger partial charge in [0.05, 0.1) is 11.5 Å². The maximum Gasteiger partial charge on any atom is 0.270 e. The summed E-state index contributed by atoms with van der Waals surface area (Å²) >= 11 is 5.93. The molecule has 0 bridgehead atoms. The number of aliphatic hydroxyl groups is 1. The molecule has 0 amide bonds. The van der Waals surface area contributed by atoms with Gasteiger partial charge in [-0.25, -0.2) is 0 Å². The van der Waals surface area contributed by atoms with E-state index in [9.17, 15) is 15.2 Å². The number of nitro benzene ring substituents is 1. The highest BCUT2D eigenvalue weighted by Crippen LogP contribution is 2.30. The van der Waals surface area contributed by atoms with Crippen LogP contribution in [-0.4, -0.2) is 10.0 Å². The first-order valence-electron chi connectivity index (χ1n) is 5.83. The zero-order valence-electron chi connectivity index (χ0n) is 10.7. The van der Waals surface area contributed by atoms with Crippen LogP contribution in [0.15, 0.2) is 36.4 Å². The van der Waals surface area contributed by atoms with Gasteiger partial charge in [0.15, 0.2) is 0 Å². The molecule has 1 N–H and O–H groups in total. The van der Waals surface area contributed by atoms with E-state index in [4.69, 9.17) is 16.3 Å². The molecule has 0 aliphatic carbocycles. The standard InChI is InChI=1S/C14H12ClNO4/c1-9-6-12(3-4-13(9)15)20-14-5-2-11(16(18)19)7-10(14)8-17/h2-7,17H,8H2,1H3. The van der Waals surface area contributed by atoms with Crippen LogP contribution in [0, 0.1) is 17.0 Å². The van der Waals surface area contributed by atoms with Gasteiger partial charge in [0.1, 0.15) is 11.5 Å². The van der Waals surface area contributed by atoms with Crippen LogP contribution in [0.1, 0.15) is 11.1 Å². The lowest BCUT2D eigenvalue weighted by Gasteiger charge is -2.10. The molecule has 0 unspecified atom stereocenters. The van der Waals surface area contributed by atoms with E-state index in [0.717, 1.165) is 5.56 Å². The first-order valence-corrected chi connectivity index (χ1v) is 6.21. The highest BCUT2D eigenvalue weighted by Gasteiger charge is 2.12. The third-order valence-electron chi connectivity index (χ3n) is 2.78. The minimum atomic E-state index is -0.518. The largest absolute Gasteiger partial charge is 0.457 e. The molecule has 0 saturated carbocycles. The Kier molecular flexibility index (Phi) is 4.22. The smallest absolute Gasteiger partial charge is 0.270 e. The van der Waals surface area contributed by atoms with Gasteiger partial charge in [0.2, 0.25) is 0 Å². The highest BCUT2D eigenvalue weighted by atomic mass is 35.5. The average molecular weight is 294 g/mol. The Balaban J connectivity index is 2.32. The summed E-state index contributed by atoms with van der Waals surface area (Å²) in [6.07, 6.45) is 0. The van der Waals surface area contributed by atoms with Gasteiger partial charge < -0.3 is 9.84 Å². The first-order chi connectivity index (χ1) is 9.51. The van der Waals surface area contributed by atoms with Crippen molar-refractivity contribution in [1.82, 2.24) is 0 Å². The maximum absolute atomic E-state index is 10.7. The summed E-state index contributed by atoms with van der Waals surface area (Å²) < 4.78 is 5.63. The molecule has 0 atom stereocenters. The number of hydrogen-bond acceptors (Lipinski definition) is 4. The van der Waals surface area contributed by atoms with E-state index >= 15 is 0 Å². The third kappa shape index (κ3) is 3.07. The van der Waals surface area contributed by atoms with Gasteiger partial charge in [0.25, 0.3) is 5.69 Å². The predicted molar refractivity (Wildman–Crippen MR) is 75.3 cm³/mol. The fourth-order valence-corrected chi connectivity index (χ4v) is 1.83. The summed E-state index contributed by atoms with van der Waals surface area (Å²) in [5.74, 6) is 0.926. The Morgan fingerprint density at radius 2 is 2.05 bits per heavy atom. The second-order valence-corrected chi connectivity index (χ2v) is 4.63. The van der Waals surface area contributed by atoms with Crippen LogP contribution in [0.25, 0.3) is 0 Å². The van der Waals surface area contributed by atoms with Crippen LogP contribution in [0.4, 0.5) is 5.69 Å². The van der Waals surface area contributed by atoms with Gasteiger partial charge in [-0.05, 0) is 36.8 Å². The van der Waals surface area contributed by atoms with E-state index in [2.05, 4.69) is 0 Å². The molecule has 0 heterocycles. The number of non-ortho nitro benzene ring substituents is 1. The summed E-state index contributed by atoms with van der Waals surface area (Å²) in [4.78, 5) is 10.2. The molecule has 5 nitrogen and oxygen atoms in total. The van der Waals surface area contributed by atoms with Crippen LogP contribution in [0.5, 0.6) is 11.5 Å². The van der Waals surface area contributed by atoms with Crippen LogP contribution < -0.4 is 4.74 Å². The molecule has 6 heteroatoms. The van der Waals surface area contributed by atoms with Gasteiger partial charge in [-0.2, -0.15) is 0 Å². The van der Waals surface area contributed by atoms with E-state index in [1.807, 2.05) is 6.92 Å². The van der Waals surface area contributed by atoms with Crippen molar-refractivity contribution < 1.29 is 14.8 Å². The lowest BCUT2D eigenvalue weighted by molar-refractivity contribution is -0.385. The summed E-state index contributed by atoms with van der Waals surface area (Å²) in [6.45, 7) is 1.50. The first kappa shape index (κ1) is 14.3. The van der Waals surface area contributed by atoms with Crippen molar-refractivity contribution in [3.8, 4) is 11.5 Å². The van der Waals surface area contributed by atoms with E-state index in [-0.39, 0.29) is 12.3 Å². The van der Waals surface area contributed by atoms with Gasteiger partial charge in [0, 0.05) is 22.7 Å². The Bertz CT molecular complexity index is 658. The van der Waals surface area contributed by atoms with Crippen molar-refractivity contribution in [2.75, 3.05) is 0 Å². The molecule has 0 fully saturated rings. The quantitative estimate of drug-likeness (QED) is 0.686. The molecular formula is C14H12ClNO4. The Morgan fingerprint density at radius 3 is 2.65 bits per heavy atom. The molecule has 20 heavy (non-hydrogen) atoms. The number of nitrogens with zero attached hydrogens (tertiary/aromatic N) is 1. The number of benzene rings is 2. The van der Waals surface area contributed by atoms with Crippen LogP contribution in [0.2, 0.25) is 5.02 Å². The van der Waals surface area contributed by atoms with Crippen molar-refractivity contribution in [2.24, 2.45) is 0 Å². The Hall–Kier alpha value is -2.11. The molecule has 2 rings (SSSR count). The van der Waals surface area contributed by atoms with Crippen molar-refractivity contribution in [3.63, 3.8) is 0 Å². The van der Waals surface area contributed by atoms with Gasteiger partial charge >= 0.3 is 0 Å². The zero-order chi connectivity index (χ0) is 14.7. The molecule has 0 saturated heterocycles. The van der Waals surface area contributed by atoms with Crippen LogP contribution in [0.3, 0.4) is 0 Å². The summed E-state index contributed by atoms with van der Waals surface area (Å²) in [5, 5.41) is 20.6. The molecule has 0 aromatic heterocycles. The molecule has 0 aliphatic heterocycles. The summed E-state index contributed by atoms with van der Waals surface area (Å²) in [7, 11) is 0. The maximum atomic E-state index is 10.7. The lowest BCUT2D eigenvalue weighted by Crippen LogP contribution is -1.95. The minimum Gasteiger partial charge on any atom is -0.457 e. The number of halogens is 1. The highest BCUT2D eigenvalue weighted by molar-refractivity contribution is 6.31. The SMILES string of the molecule is Cc1cc(Oc2ccc([N+](=O)[O-])cc2CO)ccc1Cl. The fourth-order valence-electron chi connectivity index (χ4n) is 1.71. The van der Waals surface area contributed by atoms with Crippen molar-refractivity contribution >= 4 is 17.3 Å². The fraction of sp³-hybridized carbons (Fsp3) is 0.143. The van der Waals surface area contributed by atoms with Crippen molar-refractivity contribution in [2.45, 2.75) is 13.5 Å². The predicted octanol–water partition coefficient (Wildman–Crippen LogP) is 3.84. The number of hydrogen-bond donors (Lipinski definition) is 1. The molecule has 104 valence electrons.